The maximum absolute atomic E-state index is 12.8. The molecular formula is C23H22N4O6S. The maximum atomic E-state index is 12.8. The van der Waals surface area contributed by atoms with E-state index in [9.17, 15) is 14.9 Å². The number of methoxy groups -OCH3 is 3. The van der Waals surface area contributed by atoms with Crippen LogP contribution in [0.1, 0.15) is 16.8 Å². The molecule has 0 spiro atoms. The number of carbonyl (C=O) groups excluding carboxylic acids is 1. The molecule has 0 saturated carbocycles. The Hall–Kier alpha value is -3.99. The van der Waals surface area contributed by atoms with Crippen LogP contribution < -0.4 is 19.5 Å². The molecule has 0 fully saturated rings. The van der Waals surface area contributed by atoms with E-state index in [-0.39, 0.29) is 11.6 Å². The number of anilines is 1. The molecule has 0 saturated heterocycles. The molecule has 0 unspecified atom stereocenters. The molecule has 1 aliphatic rings. The third-order valence-corrected chi connectivity index (χ3v) is 6.18. The normalized spacial score (nSPS) is 12.4. The van der Waals surface area contributed by atoms with Crippen LogP contribution in [0.5, 0.6) is 17.2 Å². The van der Waals surface area contributed by atoms with Crippen molar-refractivity contribution in [3.8, 4) is 22.9 Å². The van der Waals surface area contributed by atoms with Gasteiger partial charge < -0.3 is 19.5 Å². The fourth-order valence-corrected chi connectivity index (χ4v) is 4.61. The maximum Gasteiger partial charge on any atom is 0.269 e. The number of rotatable bonds is 8. The Bertz CT molecular complexity index is 1240. The van der Waals surface area contributed by atoms with E-state index in [1.807, 2.05) is 0 Å². The molecule has 0 aliphatic carbocycles. The number of hydrogen-bond acceptors (Lipinski definition) is 8. The molecule has 1 N–H and O–H groups in total. The first-order chi connectivity index (χ1) is 16.4. The third kappa shape index (κ3) is 4.55. The summed E-state index contributed by atoms with van der Waals surface area (Å²) in [5.74, 6) is 3.08. The number of non-ortho nitro benzene ring substituents is 1. The second kappa shape index (κ2) is 9.87. The SMILES string of the molecule is COc1cc(C=CC(=O)Nc2c3c(nn2-c2ccc([N+](=O)[O-])cc2)CSC3)cc(OC)c1OC. The number of carbonyl (C=O) groups is 1. The molecule has 0 bridgehead atoms. The fourth-order valence-electron chi connectivity index (χ4n) is 3.57. The number of thioether (sulfide) groups is 1. The Kier molecular flexibility index (Phi) is 6.73. The number of aromatic nitrogens is 2. The predicted molar refractivity (Wildman–Crippen MR) is 129 cm³/mol. The fraction of sp³-hybridized carbons (Fsp3) is 0.217. The van der Waals surface area contributed by atoms with Crippen LogP contribution in [0.25, 0.3) is 11.8 Å². The van der Waals surface area contributed by atoms with Gasteiger partial charge in [-0.1, -0.05) is 0 Å². The summed E-state index contributed by atoms with van der Waals surface area (Å²) in [6.07, 6.45) is 3.05. The van der Waals surface area contributed by atoms with Gasteiger partial charge in [-0.05, 0) is 35.9 Å². The van der Waals surface area contributed by atoms with Crippen LogP contribution in [-0.2, 0) is 16.3 Å². The van der Waals surface area contributed by atoms with Crippen LogP contribution in [0.4, 0.5) is 11.5 Å². The summed E-state index contributed by atoms with van der Waals surface area (Å²) in [4.78, 5) is 23.3. The first-order valence-corrected chi connectivity index (χ1v) is 11.3. The highest BCUT2D eigenvalue weighted by atomic mass is 32.2. The minimum absolute atomic E-state index is 0.0159. The van der Waals surface area contributed by atoms with Crippen LogP contribution in [0, 0.1) is 10.1 Å². The lowest BCUT2D eigenvalue weighted by atomic mass is 10.1. The van der Waals surface area contributed by atoms with Gasteiger partial charge in [0.2, 0.25) is 11.7 Å². The molecule has 2 heterocycles. The van der Waals surface area contributed by atoms with Crippen molar-refractivity contribution in [1.29, 1.82) is 0 Å². The summed E-state index contributed by atoms with van der Waals surface area (Å²) >= 11 is 1.71. The van der Waals surface area contributed by atoms with Crippen LogP contribution in [-0.4, -0.2) is 41.9 Å². The molecule has 11 heteroatoms. The van der Waals surface area contributed by atoms with E-state index in [4.69, 9.17) is 14.2 Å². The summed E-state index contributed by atoms with van der Waals surface area (Å²) in [5.41, 5.74) is 3.12. The highest BCUT2D eigenvalue weighted by Gasteiger charge is 2.24. The van der Waals surface area contributed by atoms with Gasteiger partial charge >= 0.3 is 0 Å². The molecule has 2 aromatic carbocycles. The van der Waals surface area contributed by atoms with E-state index in [1.165, 1.54) is 39.5 Å². The summed E-state index contributed by atoms with van der Waals surface area (Å²) in [6.45, 7) is 0. The topological polar surface area (TPSA) is 118 Å². The predicted octanol–water partition coefficient (Wildman–Crippen LogP) is 4.21. The average molecular weight is 483 g/mol. The molecule has 1 aromatic heterocycles. The minimum atomic E-state index is -0.458. The molecule has 34 heavy (non-hydrogen) atoms. The first-order valence-electron chi connectivity index (χ1n) is 10.2. The van der Waals surface area contributed by atoms with Crippen LogP contribution in [0.2, 0.25) is 0 Å². The molecule has 1 amide bonds. The summed E-state index contributed by atoms with van der Waals surface area (Å²) in [7, 11) is 4.57. The molecule has 4 rings (SSSR count). The van der Waals surface area contributed by atoms with Gasteiger partial charge in [0, 0.05) is 35.3 Å². The van der Waals surface area contributed by atoms with Gasteiger partial charge in [-0.15, -0.1) is 0 Å². The molecule has 0 radical (unpaired) electrons. The summed E-state index contributed by atoms with van der Waals surface area (Å²) in [5, 5.41) is 18.5. The van der Waals surface area contributed by atoms with Crippen molar-refractivity contribution in [3.63, 3.8) is 0 Å². The Balaban J connectivity index is 1.60. The number of benzene rings is 2. The van der Waals surface area contributed by atoms with Crippen molar-refractivity contribution in [1.82, 2.24) is 9.78 Å². The van der Waals surface area contributed by atoms with Crippen LogP contribution in [0.15, 0.2) is 42.5 Å². The quantitative estimate of drug-likeness (QED) is 0.288. The lowest BCUT2D eigenvalue weighted by molar-refractivity contribution is -0.384. The third-order valence-electron chi connectivity index (χ3n) is 5.21. The van der Waals surface area contributed by atoms with Crippen LogP contribution >= 0.6 is 11.8 Å². The monoisotopic (exact) mass is 482 g/mol. The van der Waals surface area contributed by atoms with E-state index < -0.39 is 4.92 Å². The smallest absolute Gasteiger partial charge is 0.269 e. The van der Waals surface area contributed by atoms with Gasteiger partial charge in [-0.2, -0.15) is 16.9 Å². The molecule has 0 atom stereocenters. The Morgan fingerprint density at radius 3 is 2.38 bits per heavy atom. The van der Waals surface area contributed by atoms with Crippen molar-refractivity contribution >= 4 is 35.3 Å². The molecule has 10 nitrogen and oxygen atoms in total. The van der Waals surface area contributed by atoms with Crippen molar-refractivity contribution in [2.24, 2.45) is 0 Å². The van der Waals surface area contributed by atoms with Crippen molar-refractivity contribution < 1.29 is 23.9 Å². The number of hydrogen-bond donors (Lipinski definition) is 1. The largest absolute Gasteiger partial charge is 0.493 e. The number of nitro groups is 1. The number of fused-ring (bicyclic) bond motifs is 1. The highest BCUT2D eigenvalue weighted by molar-refractivity contribution is 7.98. The number of ether oxygens (including phenoxy) is 3. The van der Waals surface area contributed by atoms with E-state index in [1.54, 1.807) is 46.8 Å². The number of nitrogens with one attached hydrogen (secondary N) is 1. The number of amides is 1. The summed E-state index contributed by atoms with van der Waals surface area (Å²) < 4.78 is 17.6. The lowest BCUT2D eigenvalue weighted by Crippen LogP contribution is -2.13. The second-order valence-electron chi connectivity index (χ2n) is 7.23. The zero-order valence-electron chi connectivity index (χ0n) is 18.7. The van der Waals surface area contributed by atoms with Crippen LogP contribution in [0.3, 0.4) is 0 Å². The van der Waals surface area contributed by atoms with Gasteiger partial charge in [-0.25, -0.2) is 4.68 Å². The lowest BCUT2D eigenvalue weighted by Gasteiger charge is -2.13. The zero-order chi connectivity index (χ0) is 24.2. The Morgan fingerprint density at radius 2 is 1.79 bits per heavy atom. The van der Waals surface area contributed by atoms with Crippen molar-refractivity contribution in [2.75, 3.05) is 26.6 Å². The van der Waals surface area contributed by atoms with E-state index in [2.05, 4.69) is 10.4 Å². The standard InChI is InChI=1S/C23H22N4O6S/c1-31-19-10-14(11-20(32-2)22(19)33-3)4-9-21(28)24-23-17-12-34-13-18(17)25-26(23)15-5-7-16(8-6-15)27(29)30/h4-11H,12-13H2,1-3H3,(H,24,28). The number of nitrogens with zero attached hydrogens (tertiary/aromatic N) is 3. The molecular weight excluding hydrogens is 460 g/mol. The molecule has 1 aliphatic heterocycles. The van der Waals surface area contributed by atoms with E-state index in [0.717, 1.165) is 17.0 Å². The van der Waals surface area contributed by atoms with E-state index >= 15 is 0 Å². The second-order valence-corrected chi connectivity index (χ2v) is 8.22. The van der Waals surface area contributed by atoms with Gasteiger partial charge in [-0.3, -0.25) is 14.9 Å². The highest BCUT2D eigenvalue weighted by Crippen LogP contribution is 2.39. The Labute approximate surface area is 199 Å². The van der Waals surface area contributed by atoms with Gasteiger partial charge in [0.1, 0.15) is 5.82 Å². The average Bonchev–Trinajstić information content (AvgIpc) is 3.44. The van der Waals surface area contributed by atoms with E-state index in [0.29, 0.717) is 40.1 Å². The number of nitro benzene ring substituents is 1. The summed E-state index contributed by atoms with van der Waals surface area (Å²) in [6, 6.07) is 9.50. The Morgan fingerprint density at radius 1 is 1.12 bits per heavy atom. The van der Waals surface area contributed by atoms with Gasteiger partial charge in [0.15, 0.2) is 11.5 Å². The van der Waals surface area contributed by atoms with Crippen molar-refractivity contribution in [3.05, 3.63) is 69.4 Å². The molecule has 176 valence electrons. The molecule has 3 aromatic rings. The van der Waals surface area contributed by atoms with Gasteiger partial charge in [0.05, 0.1) is 37.6 Å². The van der Waals surface area contributed by atoms with Crippen molar-refractivity contribution in [2.45, 2.75) is 11.5 Å². The minimum Gasteiger partial charge on any atom is -0.493 e. The zero-order valence-corrected chi connectivity index (χ0v) is 19.5. The van der Waals surface area contributed by atoms with Gasteiger partial charge in [0.25, 0.3) is 5.69 Å². The first kappa shape index (κ1) is 23.2.